The van der Waals surface area contributed by atoms with Crippen molar-refractivity contribution < 1.29 is 9.53 Å². The maximum Gasteiger partial charge on any atom is 0.243 e. The Morgan fingerprint density at radius 2 is 2.24 bits per heavy atom. The van der Waals surface area contributed by atoms with E-state index < -0.39 is 6.04 Å². The fourth-order valence-corrected chi connectivity index (χ4v) is 1.35. The molecular weight excluding hydrogens is 218 g/mol. The van der Waals surface area contributed by atoms with Crippen LogP contribution in [0, 0.1) is 0 Å². The van der Waals surface area contributed by atoms with E-state index in [1.165, 1.54) is 7.11 Å². The number of hydrogen-bond acceptors (Lipinski definition) is 4. The van der Waals surface area contributed by atoms with Crippen molar-refractivity contribution in [3.8, 4) is 0 Å². The number of hydrogen-bond donors (Lipinski definition) is 2. The molecular formula is C12H19N3O2. The lowest BCUT2D eigenvalue weighted by Gasteiger charge is -2.15. The monoisotopic (exact) mass is 237 g/mol. The maximum atomic E-state index is 11.7. The Morgan fingerprint density at radius 1 is 1.53 bits per heavy atom. The second kappa shape index (κ2) is 6.22. The summed E-state index contributed by atoms with van der Waals surface area (Å²) >= 11 is 0. The second-order valence-corrected chi connectivity index (χ2v) is 4.00. The Bertz CT molecular complexity index is 380. The van der Waals surface area contributed by atoms with Crippen LogP contribution in [0.4, 0.5) is 11.4 Å². The van der Waals surface area contributed by atoms with E-state index in [4.69, 9.17) is 10.5 Å². The lowest BCUT2D eigenvalue weighted by Crippen LogP contribution is -2.39. The van der Waals surface area contributed by atoms with Crippen molar-refractivity contribution in [1.82, 2.24) is 0 Å². The highest BCUT2D eigenvalue weighted by Gasteiger charge is 2.13. The van der Waals surface area contributed by atoms with Gasteiger partial charge in [0.15, 0.2) is 0 Å². The standard InChI is InChI=1S/C12H19N3O2/c1-15(2)10-6-4-5-9(7-10)14-12(16)11(13)8-17-3/h4-7,11H,8,13H2,1-3H3,(H,14,16). The molecule has 1 aromatic rings. The van der Waals surface area contributed by atoms with Gasteiger partial charge in [0.2, 0.25) is 5.91 Å². The molecule has 0 bridgehead atoms. The number of rotatable bonds is 5. The largest absolute Gasteiger partial charge is 0.383 e. The topological polar surface area (TPSA) is 67.6 Å². The van der Waals surface area contributed by atoms with Gasteiger partial charge in [0.25, 0.3) is 0 Å². The third-order valence-corrected chi connectivity index (χ3v) is 2.31. The highest BCUT2D eigenvalue weighted by Crippen LogP contribution is 2.17. The molecule has 0 heterocycles. The minimum absolute atomic E-state index is 0.208. The summed E-state index contributed by atoms with van der Waals surface area (Å²) in [4.78, 5) is 13.6. The van der Waals surface area contributed by atoms with Gasteiger partial charge in [0, 0.05) is 32.6 Å². The third kappa shape index (κ3) is 4.05. The lowest BCUT2D eigenvalue weighted by atomic mass is 10.2. The van der Waals surface area contributed by atoms with Gasteiger partial charge in [-0.2, -0.15) is 0 Å². The smallest absolute Gasteiger partial charge is 0.243 e. The molecule has 3 N–H and O–H groups in total. The van der Waals surface area contributed by atoms with Crippen LogP contribution in [0.2, 0.25) is 0 Å². The van der Waals surface area contributed by atoms with E-state index >= 15 is 0 Å². The van der Waals surface area contributed by atoms with Crippen molar-refractivity contribution in [1.29, 1.82) is 0 Å². The predicted octanol–water partition coefficient (Wildman–Crippen LogP) is 0.665. The Kier molecular flexibility index (Phi) is 4.93. The van der Waals surface area contributed by atoms with Crippen LogP contribution < -0.4 is 16.0 Å². The first-order chi connectivity index (χ1) is 8.04. The summed E-state index contributed by atoms with van der Waals surface area (Å²) in [5.41, 5.74) is 7.37. The summed E-state index contributed by atoms with van der Waals surface area (Å²) in [5, 5.41) is 2.75. The molecule has 5 heteroatoms. The summed E-state index contributed by atoms with van der Waals surface area (Å²) in [6.45, 7) is 0.208. The minimum atomic E-state index is -0.650. The van der Waals surface area contributed by atoms with Crippen LogP contribution in [0.1, 0.15) is 0 Å². The Morgan fingerprint density at radius 3 is 2.82 bits per heavy atom. The molecule has 94 valence electrons. The van der Waals surface area contributed by atoms with Crippen LogP contribution in [-0.4, -0.2) is 39.8 Å². The van der Waals surface area contributed by atoms with E-state index in [2.05, 4.69) is 5.32 Å². The molecule has 0 spiro atoms. The molecule has 0 radical (unpaired) electrons. The number of carbonyl (C=O) groups is 1. The van der Waals surface area contributed by atoms with Gasteiger partial charge in [-0.3, -0.25) is 4.79 Å². The second-order valence-electron chi connectivity index (χ2n) is 4.00. The Hall–Kier alpha value is -1.59. The molecule has 0 fully saturated rings. The normalized spacial score (nSPS) is 12.0. The quantitative estimate of drug-likeness (QED) is 0.789. The number of nitrogens with zero attached hydrogens (tertiary/aromatic N) is 1. The number of nitrogens with one attached hydrogen (secondary N) is 1. The molecule has 17 heavy (non-hydrogen) atoms. The summed E-state index contributed by atoms with van der Waals surface area (Å²) in [6.07, 6.45) is 0. The van der Waals surface area contributed by atoms with Crippen LogP contribution in [0.3, 0.4) is 0 Å². The van der Waals surface area contributed by atoms with Crippen LogP contribution in [-0.2, 0) is 9.53 Å². The number of amides is 1. The van der Waals surface area contributed by atoms with Gasteiger partial charge in [-0.25, -0.2) is 0 Å². The van der Waals surface area contributed by atoms with Crippen molar-refractivity contribution in [2.45, 2.75) is 6.04 Å². The fourth-order valence-electron chi connectivity index (χ4n) is 1.35. The summed E-state index contributed by atoms with van der Waals surface area (Å²) < 4.78 is 4.83. The molecule has 1 rings (SSSR count). The number of carbonyl (C=O) groups excluding carboxylic acids is 1. The average Bonchev–Trinajstić information content (AvgIpc) is 2.29. The number of benzene rings is 1. The van der Waals surface area contributed by atoms with Gasteiger partial charge in [-0.1, -0.05) is 6.07 Å². The summed E-state index contributed by atoms with van der Waals surface area (Å²) in [5.74, 6) is -0.247. The average molecular weight is 237 g/mol. The molecule has 5 nitrogen and oxygen atoms in total. The number of nitrogens with two attached hydrogens (primary N) is 1. The number of ether oxygens (including phenoxy) is 1. The maximum absolute atomic E-state index is 11.7. The number of anilines is 2. The molecule has 0 saturated heterocycles. The molecule has 0 aliphatic carbocycles. The predicted molar refractivity (Wildman–Crippen MR) is 69.3 cm³/mol. The van der Waals surface area contributed by atoms with E-state index in [9.17, 15) is 4.79 Å². The molecule has 1 amide bonds. The van der Waals surface area contributed by atoms with Gasteiger partial charge < -0.3 is 20.7 Å². The van der Waals surface area contributed by atoms with Gasteiger partial charge in [0.1, 0.15) is 6.04 Å². The van der Waals surface area contributed by atoms with Crippen molar-refractivity contribution in [3.05, 3.63) is 24.3 Å². The molecule has 0 saturated carbocycles. The van der Waals surface area contributed by atoms with Gasteiger partial charge in [0.05, 0.1) is 6.61 Å². The first kappa shape index (κ1) is 13.5. The van der Waals surface area contributed by atoms with E-state index in [0.29, 0.717) is 0 Å². The first-order valence-corrected chi connectivity index (χ1v) is 5.37. The molecule has 1 aromatic carbocycles. The van der Waals surface area contributed by atoms with Gasteiger partial charge in [-0.05, 0) is 18.2 Å². The van der Waals surface area contributed by atoms with Crippen molar-refractivity contribution in [2.24, 2.45) is 5.73 Å². The highest BCUT2D eigenvalue weighted by atomic mass is 16.5. The Balaban J connectivity index is 2.68. The zero-order chi connectivity index (χ0) is 12.8. The lowest BCUT2D eigenvalue weighted by molar-refractivity contribution is -0.118. The van der Waals surface area contributed by atoms with Crippen LogP contribution >= 0.6 is 0 Å². The SMILES string of the molecule is COCC(N)C(=O)Nc1cccc(N(C)C)c1. The summed E-state index contributed by atoms with van der Waals surface area (Å²) in [6, 6.07) is 6.90. The van der Waals surface area contributed by atoms with Gasteiger partial charge >= 0.3 is 0 Å². The van der Waals surface area contributed by atoms with Crippen LogP contribution in [0.25, 0.3) is 0 Å². The van der Waals surface area contributed by atoms with Crippen LogP contribution in [0.15, 0.2) is 24.3 Å². The number of methoxy groups -OCH3 is 1. The highest BCUT2D eigenvalue weighted by molar-refractivity contribution is 5.95. The van der Waals surface area contributed by atoms with Crippen molar-refractivity contribution in [2.75, 3.05) is 38.0 Å². The Labute approximate surface area is 102 Å². The van der Waals surface area contributed by atoms with Crippen LogP contribution in [0.5, 0.6) is 0 Å². The molecule has 0 aromatic heterocycles. The zero-order valence-corrected chi connectivity index (χ0v) is 10.4. The third-order valence-electron chi connectivity index (χ3n) is 2.31. The first-order valence-electron chi connectivity index (χ1n) is 5.37. The van der Waals surface area contributed by atoms with E-state index in [1.54, 1.807) is 0 Å². The van der Waals surface area contributed by atoms with Crippen molar-refractivity contribution in [3.63, 3.8) is 0 Å². The fraction of sp³-hybridized carbons (Fsp3) is 0.417. The zero-order valence-electron chi connectivity index (χ0n) is 10.4. The minimum Gasteiger partial charge on any atom is -0.383 e. The van der Waals surface area contributed by atoms with E-state index in [0.717, 1.165) is 11.4 Å². The van der Waals surface area contributed by atoms with E-state index in [-0.39, 0.29) is 12.5 Å². The molecule has 1 atom stereocenters. The molecule has 0 aliphatic rings. The van der Waals surface area contributed by atoms with E-state index in [1.807, 2.05) is 43.3 Å². The molecule has 1 unspecified atom stereocenters. The van der Waals surface area contributed by atoms with Crippen molar-refractivity contribution >= 4 is 17.3 Å². The summed E-state index contributed by atoms with van der Waals surface area (Å²) in [7, 11) is 5.40. The molecule has 0 aliphatic heterocycles. The van der Waals surface area contributed by atoms with Gasteiger partial charge in [-0.15, -0.1) is 0 Å².